The molecule has 1 amide bonds. The van der Waals surface area contributed by atoms with Crippen molar-refractivity contribution in [2.24, 2.45) is 0 Å². The Bertz CT molecular complexity index is 667. The van der Waals surface area contributed by atoms with Gasteiger partial charge < -0.3 is 15.5 Å². The van der Waals surface area contributed by atoms with Crippen molar-refractivity contribution >= 4 is 18.3 Å². The number of carbonyl (C=O) groups excluding carboxylic acids is 1. The summed E-state index contributed by atoms with van der Waals surface area (Å²) in [4.78, 5) is 14.7. The molecule has 25 heavy (non-hydrogen) atoms. The molecule has 1 saturated heterocycles. The van der Waals surface area contributed by atoms with Crippen LogP contribution in [0, 0.1) is 6.92 Å². The Kier molecular flexibility index (Phi) is 7.43. The molecule has 3 rings (SSSR count). The van der Waals surface area contributed by atoms with Crippen LogP contribution in [0.25, 0.3) is 5.69 Å². The van der Waals surface area contributed by atoms with Crippen molar-refractivity contribution in [3.8, 4) is 5.69 Å². The van der Waals surface area contributed by atoms with Gasteiger partial charge in [0.15, 0.2) is 5.69 Å². The predicted molar refractivity (Wildman–Crippen MR) is 102 cm³/mol. The number of aromatic nitrogens is 2. The number of hydrogen-bond acceptors (Lipinski definition) is 4. The number of rotatable bonds is 6. The Hall–Kier alpha value is -1.89. The van der Waals surface area contributed by atoms with Gasteiger partial charge in [0.2, 0.25) is 0 Å². The highest BCUT2D eigenvalue weighted by Crippen LogP contribution is 2.11. The van der Waals surface area contributed by atoms with Crippen LogP contribution in [0.15, 0.2) is 36.4 Å². The number of benzene rings is 1. The molecule has 1 aromatic heterocycles. The van der Waals surface area contributed by atoms with Gasteiger partial charge in [0, 0.05) is 38.4 Å². The minimum absolute atomic E-state index is 0. The third-order valence-corrected chi connectivity index (χ3v) is 4.27. The largest absolute Gasteiger partial charge is 0.351 e. The number of nitrogens with one attached hydrogen (secondary N) is 2. The fourth-order valence-corrected chi connectivity index (χ4v) is 2.95. The topological polar surface area (TPSA) is 62.2 Å². The highest BCUT2D eigenvalue weighted by molar-refractivity contribution is 5.92. The molecule has 2 N–H and O–H groups in total. The molecule has 2 heterocycles. The number of amides is 1. The third kappa shape index (κ3) is 5.29. The SMILES string of the molecule is Cc1cc(C(=O)NCCCN2CCNCC2)nn1-c1ccccc1.Cl. The van der Waals surface area contributed by atoms with E-state index in [1.165, 1.54) is 0 Å². The highest BCUT2D eigenvalue weighted by Gasteiger charge is 2.13. The lowest BCUT2D eigenvalue weighted by Gasteiger charge is -2.26. The quantitative estimate of drug-likeness (QED) is 0.766. The van der Waals surface area contributed by atoms with Gasteiger partial charge in [0.1, 0.15) is 0 Å². The fourth-order valence-electron chi connectivity index (χ4n) is 2.95. The van der Waals surface area contributed by atoms with Crippen molar-refractivity contribution in [2.45, 2.75) is 13.3 Å². The number of piperazine rings is 1. The second kappa shape index (κ2) is 9.56. The average Bonchev–Trinajstić information content (AvgIpc) is 3.02. The molecule has 0 spiro atoms. The number of para-hydroxylation sites is 1. The van der Waals surface area contributed by atoms with Gasteiger partial charge in [-0.15, -0.1) is 12.4 Å². The normalized spacial score (nSPS) is 14.8. The number of hydrogen-bond donors (Lipinski definition) is 2. The van der Waals surface area contributed by atoms with Crippen LogP contribution in [-0.4, -0.2) is 59.9 Å². The number of halogens is 1. The molecule has 1 aliphatic heterocycles. The summed E-state index contributed by atoms with van der Waals surface area (Å²) in [7, 11) is 0. The van der Waals surface area contributed by atoms with E-state index in [1.807, 2.05) is 43.3 Å². The molecule has 0 bridgehead atoms. The van der Waals surface area contributed by atoms with Gasteiger partial charge in [-0.05, 0) is 38.1 Å². The molecule has 0 unspecified atom stereocenters. The lowest BCUT2D eigenvalue weighted by molar-refractivity contribution is 0.0946. The molecule has 1 aliphatic rings. The van der Waals surface area contributed by atoms with Crippen molar-refractivity contribution < 1.29 is 4.79 Å². The Morgan fingerprint density at radius 1 is 1.24 bits per heavy atom. The predicted octanol–water partition coefficient (Wildman–Crippen LogP) is 1.63. The van der Waals surface area contributed by atoms with Crippen LogP contribution in [0.1, 0.15) is 22.6 Å². The smallest absolute Gasteiger partial charge is 0.271 e. The molecule has 0 aliphatic carbocycles. The van der Waals surface area contributed by atoms with E-state index in [4.69, 9.17) is 0 Å². The lowest BCUT2D eigenvalue weighted by atomic mass is 10.3. The minimum Gasteiger partial charge on any atom is -0.351 e. The van der Waals surface area contributed by atoms with Gasteiger partial charge in [0.25, 0.3) is 5.91 Å². The molecule has 1 aromatic carbocycles. The second-order valence-corrected chi connectivity index (χ2v) is 6.12. The zero-order valence-electron chi connectivity index (χ0n) is 14.6. The number of aryl methyl sites for hydroxylation is 1. The van der Waals surface area contributed by atoms with Crippen LogP contribution in [-0.2, 0) is 0 Å². The summed E-state index contributed by atoms with van der Waals surface area (Å²) in [5.74, 6) is -0.104. The minimum atomic E-state index is -0.104. The number of nitrogens with zero attached hydrogens (tertiary/aromatic N) is 3. The van der Waals surface area contributed by atoms with E-state index in [0.717, 1.165) is 50.5 Å². The molecule has 0 atom stereocenters. The third-order valence-electron chi connectivity index (χ3n) is 4.27. The first kappa shape index (κ1) is 19.4. The maximum atomic E-state index is 12.3. The van der Waals surface area contributed by atoms with Crippen LogP contribution < -0.4 is 10.6 Å². The summed E-state index contributed by atoms with van der Waals surface area (Å²) in [5, 5.41) is 10.8. The first-order chi connectivity index (χ1) is 11.7. The van der Waals surface area contributed by atoms with Crippen LogP contribution >= 0.6 is 12.4 Å². The zero-order valence-corrected chi connectivity index (χ0v) is 15.4. The van der Waals surface area contributed by atoms with Crippen LogP contribution in [0.5, 0.6) is 0 Å². The molecule has 0 radical (unpaired) electrons. The van der Waals surface area contributed by atoms with E-state index >= 15 is 0 Å². The van der Waals surface area contributed by atoms with Gasteiger partial charge in [-0.3, -0.25) is 4.79 Å². The van der Waals surface area contributed by atoms with Gasteiger partial charge in [-0.1, -0.05) is 18.2 Å². The van der Waals surface area contributed by atoms with Crippen molar-refractivity contribution in [2.75, 3.05) is 39.3 Å². The molecule has 6 nitrogen and oxygen atoms in total. The molecular formula is C18H26ClN5O. The number of carbonyl (C=O) groups is 1. The second-order valence-electron chi connectivity index (χ2n) is 6.12. The Morgan fingerprint density at radius 3 is 2.68 bits per heavy atom. The first-order valence-corrected chi connectivity index (χ1v) is 8.57. The van der Waals surface area contributed by atoms with Crippen molar-refractivity contribution in [1.82, 2.24) is 25.3 Å². The van der Waals surface area contributed by atoms with E-state index in [1.54, 1.807) is 4.68 Å². The first-order valence-electron chi connectivity index (χ1n) is 8.57. The molecule has 2 aromatic rings. The molecular weight excluding hydrogens is 338 g/mol. The van der Waals surface area contributed by atoms with Gasteiger partial charge in [-0.25, -0.2) is 4.68 Å². The van der Waals surface area contributed by atoms with E-state index in [-0.39, 0.29) is 18.3 Å². The van der Waals surface area contributed by atoms with Gasteiger partial charge >= 0.3 is 0 Å². The van der Waals surface area contributed by atoms with Gasteiger partial charge in [0.05, 0.1) is 5.69 Å². The monoisotopic (exact) mass is 363 g/mol. The van der Waals surface area contributed by atoms with Crippen molar-refractivity contribution in [3.05, 3.63) is 47.8 Å². The molecule has 7 heteroatoms. The fraction of sp³-hybridized carbons (Fsp3) is 0.444. The Balaban J connectivity index is 0.00000225. The molecule has 0 saturated carbocycles. The van der Waals surface area contributed by atoms with E-state index in [9.17, 15) is 4.79 Å². The summed E-state index contributed by atoms with van der Waals surface area (Å²) in [6, 6.07) is 11.7. The summed E-state index contributed by atoms with van der Waals surface area (Å²) >= 11 is 0. The maximum Gasteiger partial charge on any atom is 0.271 e. The van der Waals surface area contributed by atoms with E-state index in [0.29, 0.717) is 12.2 Å². The standard InChI is InChI=1S/C18H25N5O.ClH/c1-15-14-17(21-23(15)16-6-3-2-4-7-16)18(24)20-8-5-11-22-12-9-19-10-13-22;/h2-4,6-7,14,19H,5,8-13H2,1H3,(H,20,24);1H. The maximum absolute atomic E-state index is 12.3. The van der Waals surface area contributed by atoms with Gasteiger partial charge in [-0.2, -0.15) is 5.10 Å². The Labute approximate surface area is 155 Å². The van der Waals surface area contributed by atoms with Crippen LogP contribution in [0.4, 0.5) is 0 Å². The summed E-state index contributed by atoms with van der Waals surface area (Å²) in [5.41, 5.74) is 2.39. The Morgan fingerprint density at radius 2 is 1.96 bits per heavy atom. The summed E-state index contributed by atoms with van der Waals surface area (Å²) < 4.78 is 1.80. The van der Waals surface area contributed by atoms with Crippen molar-refractivity contribution in [3.63, 3.8) is 0 Å². The molecule has 136 valence electrons. The van der Waals surface area contributed by atoms with E-state index in [2.05, 4.69) is 20.6 Å². The van der Waals surface area contributed by atoms with Crippen LogP contribution in [0.3, 0.4) is 0 Å². The summed E-state index contributed by atoms with van der Waals surface area (Å²) in [6.45, 7) is 7.97. The zero-order chi connectivity index (χ0) is 16.8. The highest BCUT2D eigenvalue weighted by atomic mass is 35.5. The van der Waals surface area contributed by atoms with Crippen LogP contribution in [0.2, 0.25) is 0 Å². The molecule has 1 fully saturated rings. The van der Waals surface area contributed by atoms with Crippen molar-refractivity contribution in [1.29, 1.82) is 0 Å². The lowest BCUT2D eigenvalue weighted by Crippen LogP contribution is -2.44. The van der Waals surface area contributed by atoms with E-state index < -0.39 is 0 Å². The average molecular weight is 364 g/mol. The summed E-state index contributed by atoms with van der Waals surface area (Å²) in [6.07, 6.45) is 0.962.